The highest BCUT2D eigenvalue weighted by Crippen LogP contribution is 2.35. The number of ketones is 2. The van der Waals surface area contributed by atoms with Crippen LogP contribution < -0.4 is 5.56 Å². The maximum atomic E-state index is 12.3. The number of Topliss-reactive ketones (excluding diaryl/α,β-unsaturated/α-hetero) is 2. The lowest BCUT2D eigenvalue weighted by Crippen LogP contribution is -2.26. The first-order chi connectivity index (χ1) is 8.51. The number of hydrogen-bond acceptors (Lipinski definition) is 5. The van der Waals surface area contributed by atoms with Crippen LogP contribution in [0.4, 0.5) is 0 Å². The first kappa shape index (κ1) is 13.2. The molecule has 6 heteroatoms. The third-order valence-corrected chi connectivity index (χ3v) is 4.47. The Bertz CT molecular complexity index is 643. The third-order valence-electron chi connectivity index (χ3n) is 2.74. The van der Waals surface area contributed by atoms with Gasteiger partial charge in [-0.25, -0.2) is 0 Å². The van der Waals surface area contributed by atoms with Gasteiger partial charge >= 0.3 is 0 Å². The highest BCUT2D eigenvalue weighted by molar-refractivity contribution is 8.07. The molecule has 1 aliphatic rings. The number of fused-ring (bicyclic) bond motifs is 1. The van der Waals surface area contributed by atoms with Gasteiger partial charge in [-0.15, -0.1) is 23.5 Å². The highest BCUT2D eigenvalue weighted by atomic mass is 32.2. The Kier molecular flexibility index (Phi) is 3.49. The van der Waals surface area contributed by atoms with E-state index in [1.807, 2.05) is 0 Å². The summed E-state index contributed by atoms with van der Waals surface area (Å²) in [4.78, 5) is 36.9. The fraction of sp³-hybridized carbons (Fsp3) is 0.250. The molecule has 0 N–H and O–H groups in total. The molecule has 94 valence electrons. The summed E-state index contributed by atoms with van der Waals surface area (Å²) in [7, 11) is 1.56. The summed E-state index contributed by atoms with van der Waals surface area (Å²) >= 11 is 2.51. The smallest absolute Gasteiger partial charge is 0.251 e. The Labute approximate surface area is 112 Å². The van der Waals surface area contributed by atoms with Gasteiger partial charge in [-0.1, -0.05) is 0 Å². The SMILES string of the molecule is CSC1=C(SC)C(=O)c2cn(C)c(=O)cc2C1=O. The molecule has 18 heavy (non-hydrogen) atoms. The predicted octanol–water partition coefficient (Wildman–Crippen LogP) is 1.70. The quantitative estimate of drug-likeness (QED) is 0.826. The van der Waals surface area contributed by atoms with E-state index in [4.69, 9.17) is 0 Å². The topological polar surface area (TPSA) is 56.1 Å². The minimum absolute atomic E-state index is 0.183. The van der Waals surface area contributed by atoms with E-state index in [0.717, 1.165) is 0 Å². The number of pyridine rings is 1. The number of carbonyl (C=O) groups excluding carboxylic acids is 2. The third kappa shape index (κ3) is 1.85. The number of aromatic nitrogens is 1. The molecule has 0 aromatic carbocycles. The molecule has 0 radical (unpaired) electrons. The van der Waals surface area contributed by atoms with Gasteiger partial charge < -0.3 is 4.57 Å². The highest BCUT2D eigenvalue weighted by Gasteiger charge is 2.32. The number of allylic oxidation sites excluding steroid dienone is 2. The van der Waals surface area contributed by atoms with Crippen molar-refractivity contribution in [3.63, 3.8) is 0 Å². The number of thioether (sulfide) groups is 2. The van der Waals surface area contributed by atoms with Crippen molar-refractivity contribution < 1.29 is 9.59 Å². The van der Waals surface area contributed by atoms with Crippen LogP contribution in [0.1, 0.15) is 20.7 Å². The van der Waals surface area contributed by atoms with Crippen molar-refractivity contribution in [3.05, 3.63) is 43.6 Å². The number of rotatable bonds is 2. The van der Waals surface area contributed by atoms with Gasteiger partial charge in [-0.3, -0.25) is 14.4 Å². The standard InChI is InChI=1S/C12H11NO3S2/c1-13-5-7-6(4-8(13)14)9(15)11(17-2)12(18-3)10(7)16/h4-5H,1-3H3. The van der Waals surface area contributed by atoms with Gasteiger partial charge in [0.15, 0.2) is 0 Å². The van der Waals surface area contributed by atoms with E-state index in [1.54, 1.807) is 19.6 Å². The lowest BCUT2D eigenvalue weighted by molar-refractivity contribution is 0.0987. The predicted molar refractivity (Wildman–Crippen MR) is 74.4 cm³/mol. The molecule has 0 saturated carbocycles. The molecule has 0 unspecified atom stereocenters. The second-order valence-corrected chi connectivity index (χ2v) is 5.41. The second kappa shape index (κ2) is 4.78. The maximum absolute atomic E-state index is 12.3. The van der Waals surface area contributed by atoms with Crippen LogP contribution >= 0.6 is 23.5 Å². The zero-order valence-electron chi connectivity index (χ0n) is 10.1. The van der Waals surface area contributed by atoms with Crippen LogP contribution in [0.15, 0.2) is 26.9 Å². The summed E-state index contributed by atoms with van der Waals surface area (Å²) in [5, 5.41) is 0. The van der Waals surface area contributed by atoms with Crippen LogP contribution in [0.5, 0.6) is 0 Å². The molecule has 1 aromatic heterocycles. The molecule has 0 saturated heterocycles. The summed E-state index contributed by atoms with van der Waals surface area (Å²) in [6.07, 6.45) is 4.96. The van der Waals surface area contributed by atoms with E-state index in [0.29, 0.717) is 15.4 Å². The molecule has 0 aliphatic heterocycles. The van der Waals surface area contributed by atoms with Gasteiger partial charge in [0, 0.05) is 24.9 Å². The monoisotopic (exact) mass is 281 g/mol. The van der Waals surface area contributed by atoms with Gasteiger partial charge in [-0.05, 0) is 12.5 Å². The molecule has 2 rings (SSSR count). The van der Waals surface area contributed by atoms with E-state index in [9.17, 15) is 14.4 Å². The van der Waals surface area contributed by atoms with Gasteiger partial charge in [0.2, 0.25) is 11.6 Å². The molecular weight excluding hydrogens is 270 g/mol. The summed E-state index contributed by atoms with van der Waals surface area (Å²) in [6.45, 7) is 0. The van der Waals surface area contributed by atoms with Crippen molar-refractivity contribution in [3.8, 4) is 0 Å². The molecule has 0 fully saturated rings. The molecule has 4 nitrogen and oxygen atoms in total. The van der Waals surface area contributed by atoms with Crippen molar-refractivity contribution in [1.82, 2.24) is 4.57 Å². The summed E-state index contributed by atoms with van der Waals surface area (Å²) in [5.74, 6) is -0.420. The average molecular weight is 281 g/mol. The Morgan fingerprint density at radius 1 is 0.944 bits per heavy atom. The summed E-state index contributed by atoms with van der Waals surface area (Å²) < 4.78 is 1.31. The fourth-order valence-electron chi connectivity index (χ4n) is 1.82. The van der Waals surface area contributed by atoms with E-state index < -0.39 is 0 Å². The van der Waals surface area contributed by atoms with Crippen molar-refractivity contribution in [2.75, 3.05) is 12.5 Å². The number of hydrogen-bond donors (Lipinski definition) is 0. The Morgan fingerprint density at radius 3 is 1.94 bits per heavy atom. The molecule has 1 aromatic rings. The van der Waals surface area contributed by atoms with E-state index in [2.05, 4.69) is 0 Å². The summed E-state index contributed by atoms with van der Waals surface area (Å²) in [6, 6.07) is 1.24. The normalized spacial score (nSPS) is 15.1. The number of nitrogens with zero attached hydrogens (tertiary/aromatic N) is 1. The lowest BCUT2D eigenvalue weighted by Gasteiger charge is -2.18. The minimum Gasteiger partial charge on any atom is -0.318 e. The largest absolute Gasteiger partial charge is 0.318 e. The molecule has 0 spiro atoms. The summed E-state index contributed by atoms with van der Waals surface area (Å²) in [5.41, 5.74) is 0.234. The van der Waals surface area contributed by atoms with Crippen LogP contribution in [0.3, 0.4) is 0 Å². The van der Waals surface area contributed by atoms with E-state index >= 15 is 0 Å². The van der Waals surface area contributed by atoms with Gasteiger partial charge in [-0.2, -0.15) is 0 Å². The Balaban J connectivity index is 2.76. The van der Waals surface area contributed by atoms with Crippen LogP contribution in [-0.4, -0.2) is 28.6 Å². The van der Waals surface area contributed by atoms with Crippen molar-refractivity contribution in [2.45, 2.75) is 0 Å². The number of carbonyl (C=O) groups is 2. The number of aryl methyl sites for hydroxylation is 1. The second-order valence-electron chi connectivity index (χ2n) is 3.77. The molecular formula is C12H11NO3S2. The van der Waals surface area contributed by atoms with Crippen molar-refractivity contribution >= 4 is 35.1 Å². The van der Waals surface area contributed by atoms with Crippen LogP contribution in [0, 0.1) is 0 Å². The molecule has 1 aliphatic carbocycles. The van der Waals surface area contributed by atoms with Gasteiger partial charge in [0.25, 0.3) is 5.56 Å². The molecule has 0 amide bonds. The zero-order valence-corrected chi connectivity index (χ0v) is 11.8. The van der Waals surface area contributed by atoms with Gasteiger partial charge in [0.1, 0.15) is 0 Å². The van der Waals surface area contributed by atoms with E-state index in [1.165, 1.54) is 40.4 Å². The van der Waals surface area contributed by atoms with E-state index in [-0.39, 0.29) is 22.7 Å². The van der Waals surface area contributed by atoms with Crippen molar-refractivity contribution in [2.24, 2.45) is 7.05 Å². The molecule has 0 atom stereocenters. The zero-order chi connectivity index (χ0) is 13.4. The first-order valence-corrected chi connectivity index (χ1v) is 7.58. The average Bonchev–Trinajstić information content (AvgIpc) is 2.35. The molecule has 1 heterocycles. The van der Waals surface area contributed by atoms with Crippen LogP contribution in [-0.2, 0) is 7.05 Å². The van der Waals surface area contributed by atoms with Crippen molar-refractivity contribution in [1.29, 1.82) is 0 Å². The Hall–Kier alpha value is -1.27. The lowest BCUT2D eigenvalue weighted by atomic mass is 9.96. The first-order valence-electron chi connectivity index (χ1n) is 5.13. The van der Waals surface area contributed by atoms with Crippen LogP contribution in [0.25, 0.3) is 0 Å². The van der Waals surface area contributed by atoms with Crippen LogP contribution in [0.2, 0.25) is 0 Å². The molecule has 0 bridgehead atoms. The minimum atomic E-state index is -0.289. The fourth-order valence-corrected chi connectivity index (χ4v) is 3.47. The maximum Gasteiger partial charge on any atom is 0.251 e. The van der Waals surface area contributed by atoms with Gasteiger partial charge in [0.05, 0.1) is 15.4 Å². The Morgan fingerprint density at radius 2 is 1.44 bits per heavy atom.